The monoisotopic (exact) mass is 237 g/mol. The molecular weight excluding hydrogens is 226 g/mol. The normalized spacial score (nSPS) is 10.7. The number of fused-ring (bicyclic) bond motifs is 1. The molecule has 0 unspecified atom stereocenters. The van der Waals surface area contributed by atoms with Crippen LogP contribution in [0.1, 0.15) is 23.0 Å². The number of carbonyl (C=O) groups excluding carboxylic acids is 1. The summed E-state index contributed by atoms with van der Waals surface area (Å²) >= 11 is 5.90. The molecule has 2 rings (SSSR count). The molecule has 1 N–H and O–H groups in total. The summed E-state index contributed by atoms with van der Waals surface area (Å²) in [5.74, 6) is -0.343. The molecule has 0 aliphatic heterocycles. The van der Waals surface area contributed by atoms with E-state index in [1.807, 2.05) is 25.1 Å². The molecule has 0 saturated carbocycles. The molecule has 1 aromatic heterocycles. The zero-order valence-corrected chi connectivity index (χ0v) is 9.89. The number of ether oxygens (including phenoxy) is 1. The van der Waals surface area contributed by atoms with E-state index in [2.05, 4.69) is 4.98 Å². The Balaban J connectivity index is 2.70. The number of esters is 1. The van der Waals surface area contributed by atoms with Crippen LogP contribution in [0.15, 0.2) is 18.2 Å². The highest BCUT2D eigenvalue weighted by Crippen LogP contribution is 2.26. The summed E-state index contributed by atoms with van der Waals surface area (Å²) in [5.41, 5.74) is 2.35. The van der Waals surface area contributed by atoms with Crippen molar-refractivity contribution in [3.05, 3.63) is 34.5 Å². The smallest absolute Gasteiger partial charge is 0.354 e. The van der Waals surface area contributed by atoms with Gasteiger partial charge in [-0.05, 0) is 24.1 Å². The Hall–Kier alpha value is -1.48. The molecule has 1 heterocycles. The number of aromatic amines is 1. The summed E-state index contributed by atoms with van der Waals surface area (Å²) in [6.07, 6.45) is 0.770. The number of halogens is 1. The number of nitrogens with one attached hydrogen (secondary N) is 1. The SMILES string of the molecule is CCc1c(C(=O)OC)[nH]c2cc(Cl)ccc12. The van der Waals surface area contributed by atoms with Gasteiger partial charge in [0.05, 0.1) is 7.11 Å². The van der Waals surface area contributed by atoms with Gasteiger partial charge in [0.2, 0.25) is 0 Å². The lowest BCUT2D eigenvalue weighted by molar-refractivity contribution is 0.0594. The van der Waals surface area contributed by atoms with Crippen LogP contribution in [0.2, 0.25) is 5.02 Å². The highest BCUT2D eigenvalue weighted by molar-refractivity contribution is 6.31. The number of hydrogen-bond acceptors (Lipinski definition) is 2. The predicted molar refractivity (Wildman–Crippen MR) is 64.0 cm³/mol. The zero-order valence-electron chi connectivity index (χ0n) is 9.13. The van der Waals surface area contributed by atoms with Crippen molar-refractivity contribution >= 4 is 28.5 Å². The third-order valence-electron chi connectivity index (χ3n) is 2.61. The van der Waals surface area contributed by atoms with E-state index in [0.29, 0.717) is 10.7 Å². The lowest BCUT2D eigenvalue weighted by atomic mass is 10.1. The minimum Gasteiger partial charge on any atom is -0.464 e. The standard InChI is InChI=1S/C12H12ClNO2/c1-3-8-9-5-4-7(13)6-10(9)14-11(8)12(15)16-2/h4-6,14H,3H2,1-2H3. The Labute approximate surface area is 98.4 Å². The van der Waals surface area contributed by atoms with E-state index in [-0.39, 0.29) is 5.97 Å². The zero-order chi connectivity index (χ0) is 11.7. The fraction of sp³-hybridized carbons (Fsp3) is 0.250. The van der Waals surface area contributed by atoms with E-state index in [1.165, 1.54) is 7.11 Å². The maximum absolute atomic E-state index is 11.6. The summed E-state index contributed by atoms with van der Waals surface area (Å²) in [4.78, 5) is 14.6. The topological polar surface area (TPSA) is 42.1 Å². The summed E-state index contributed by atoms with van der Waals surface area (Å²) in [6, 6.07) is 5.54. The van der Waals surface area contributed by atoms with Gasteiger partial charge in [-0.3, -0.25) is 0 Å². The highest BCUT2D eigenvalue weighted by atomic mass is 35.5. The first kappa shape index (κ1) is 11.0. The molecule has 1 aromatic carbocycles. The summed E-state index contributed by atoms with van der Waals surface area (Å²) in [7, 11) is 1.38. The Morgan fingerprint density at radius 2 is 2.25 bits per heavy atom. The molecule has 3 nitrogen and oxygen atoms in total. The molecule has 84 valence electrons. The maximum atomic E-state index is 11.6. The lowest BCUT2D eigenvalue weighted by Gasteiger charge is -1.99. The quantitative estimate of drug-likeness (QED) is 0.816. The second-order valence-corrected chi connectivity index (χ2v) is 3.95. The van der Waals surface area contributed by atoms with E-state index in [9.17, 15) is 4.79 Å². The van der Waals surface area contributed by atoms with E-state index < -0.39 is 0 Å². The van der Waals surface area contributed by atoms with Crippen molar-refractivity contribution < 1.29 is 9.53 Å². The van der Waals surface area contributed by atoms with Crippen LogP contribution in [-0.4, -0.2) is 18.1 Å². The number of aromatic nitrogens is 1. The molecule has 0 radical (unpaired) electrons. The van der Waals surface area contributed by atoms with Gasteiger partial charge in [-0.2, -0.15) is 0 Å². The number of benzene rings is 1. The first-order valence-electron chi connectivity index (χ1n) is 5.05. The third kappa shape index (κ3) is 1.67. The van der Waals surface area contributed by atoms with Crippen LogP contribution < -0.4 is 0 Å². The van der Waals surface area contributed by atoms with Gasteiger partial charge in [0.15, 0.2) is 0 Å². The molecule has 0 fully saturated rings. The molecular formula is C12H12ClNO2. The predicted octanol–water partition coefficient (Wildman–Crippen LogP) is 3.17. The Bertz CT molecular complexity index is 545. The van der Waals surface area contributed by atoms with Crippen LogP contribution in [0, 0.1) is 0 Å². The van der Waals surface area contributed by atoms with E-state index in [0.717, 1.165) is 22.9 Å². The van der Waals surface area contributed by atoms with Crippen LogP contribution in [0.5, 0.6) is 0 Å². The van der Waals surface area contributed by atoms with Gasteiger partial charge in [0, 0.05) is 15.9 Å². The number of carbonyl (C=O) groups is 1. The average Bonchev–Trinajstić information content (AvgIpc) is 2.65. The van der Waals surface area contributed by atoms with Crippen LogP contribution in [0.3, 0.4) is 0 Å². The van der Waals surface area contributed by atoms with Gasteiger partial charge in [-0.25, -0.2) is 4.79 Å². The number of methoxy groups -OCH3 is 1. The fourth-order valence-electron chi connectivity index (χ4n) is 1.87. The fourth-order valence-corrected chi connectivity index (χ4v) is 2.04. The molecule has 0 aliphatic rings. The summed E-state index contributed by atoms with van der Waals surface area (Å²) in [6.45, 7) is 2.00. The third-order valence-corrected chi connectivity index (χ3v) is 2.85. The van der Waals surface area contributed by atoms with Crippen molar-refractivity contribution in [2.45, 2.75) is 13.3 Å². The van der Waals surface area contributed by atoms with Crippen molar-refractivity contribution in [1.29, 1.82) is 0 Å². The molecule has 0 saturated heterocycles. The van der Waals surface area contributed by atoms with E-state index in [4.69, 9.17) is 16.3 Å². The molecule has 0 amide bonds. The van der Waals surface area contributed by atoms with Crippen LogP contribution in [0.4, 0.5) is 0 Å². The second-order valence-electron chi connectivity index (χ2n) is 3.51. The average molecular weight is 238 g/mol. The summed E-state index contributed by atoms with van der Waals surface area (Å²) in [5, 5.41) is 1.67. The largest absolute Gasteiger partial charge is 0.464 e. The van der Waals surface area contributed by atoms with Crippen molar-refractivity contribution in [2.75, 3.05) is 7.11 Å². The Kier molecular flexibility index (Phi) is 2.88. The van der Waals surface area contributed by atoms with Crippen LogP contribution in [0.25, 0.3) is 10.9 Å². The molecule has 0 atom stereocenters. The molecule has 0 bridgehead atoms. The van der Waals surface area contributed by atoms with Crippen molar-refractivity contribution in [3.63, 3.8) is 0 Å². The summed E-state index contributed by atoms with van der Waals surface area (Å²) < 4.78 is 4.74. The molecule has 4 heteroatoms. The molecule has 0 spiro atoms. The van der Waals surface area contributed by atoms with Crippen molar-refractivity contribution in [2.24, 2.45) is 0 Å². The molecule has 0 aliphatic carbocycles. The first-order chi connectivity index (χ1) is 7.67. The minimum absolute atomic E-state index is 0.343. The Morgan fingerprint density at radius 3 is 2.88 bits per heavy atom. The van der Waals surface area contributed by atoms with E-state index >= 15 is 0 Å². The van der Waals surface area contributed by atoms with Crippen molar-refractivity contribution in [1.82, 2.24) is 4.98 Å². The molecule has 2 aromatic rings. The first-order valence-corrected chi connectivity index (χ1v) is 5.43. The number of aryl methyl sites for hydroxylation is 1. The number of rotatable bonds is 2. The molecule has 16 heavy (non-hydrogen) atoms. The van der Waals surface area contributed by atoms with Gasteiger partial charge in [0.1, 0.15) is 5.69 Å². The van der Waals surface area contributed by atoms with Crippen LogP contribution >= 0.6 is 11.6 Å². The lowest BCUT2D eigenvalue weighted by Crippen LogP contribution is -2.04. The maximum Gasteiger partial charge on any atom is 0.354 e. The van der Waals surface area contributed by atoms with E-state index in [1.54, 1.807) is 0 Å². The van der Waals surface area contributed by atoms with Gasteiger partial charge in [-0.15, -0.1) is 0 Å². The minimum atomic E-state index is -0.343. The number of hydrogen-bond donors (Lipinski definition) is 1. The number of H-pyrrole nitrogens is 1. The second kappa shape index (κ2) is 4.18. The van der Waals surface area contributed by atoms with Gasteiger partial charge in [0.25, 0.3) is 0 Å². The Morgan fingerprint density at radius 1 is 1.50 bits per heavy atom. The van der Waals surface area contributed by atoms with Crippen LogP contribution in [-0.2, 0) is 11.2 Å². The highest BCUT2D eigenvalue weighted by Gasteiger charge is 2.16. The van der Waals surface area contributed by atoms with Gasteiger partial charge in [-0.1, -0.05) is 24.6 Å². The van der Waals surface area contributed by atoms with Crippen molar-refractivity contribution in [3.8, 4) is 0 Å². The van der Waals surface area contributed by atoms with Gasteiger partial charge >= 0.3 is 5.97 Å². The van der Waals surface area contributed by atoms with Gasteiger partial charge < -0.3 is 9.72 Å².